The number of nitrogens with one attached hydrogen (secondary N) is 1. The molecule has 1 fully saturated rings. The Hall–Kier alpha value is -2.70. The number of ketones is 1. The van der Waals surface area contributed by atoms with Gasteiger partial charge in [-0.1, -0.05) is 6.92 Å². The molecular weight excluding hydrogens is 308 g/mol. The molecule has 1 heterocycles. The molecule has 7 nitrogen and oxygen atoms in total. The Morgan fingerprint density at radius 1 is 1.46 bits per heavy atom. The van der Waals surface area contributed by atoms with Crippen LogP contribution in [-0.2, 0) is 7.05 Å². The highest BCUT2D eigenvalue weighted by molar-refractivity contribution is 6.07. The van der Waals surface area contributed by atoms with Gasteiger partial charge in [0.15, 0.2) is 5.82 Å². The number of anilines is 1. The van der Waals surface area contributed by atoms with E-state index < -0.39 is 4.92 Å². The minimum atomic E-state index is -0.455. The molecule has 0 saturated heterocycles. The molecule has 1 N–H and O–H groups in total. The lowest BCUT2D eigenvalue weighted by Crippen LogP contribution is -2.15. The SMILES string of the molecule is CCC1(CNc2ccc(C(=O)c3nccn3C)cc2[N+](=O)[O-])CC1. The highest BCUT2D eigenvalue weighted by atomic mass is 16.6. The fourth-order valence-corrected chi connectivity index (χ4v) is 2.80. The molecule has 2 aromatic rings. The number of rotatable bonds is 7. The molecule has 0 unspecified atom stereocenters. The minimum Gasteiger partial charge on any atom is -0.379 e. The van der Waals surface area contributed by atoms with E-state index in [9.17, 15) is 14.9 Å². The summed E-state index contributed by atoms with van der Waals surface area (Å²) >= 11 is 0. The van der Waals surface area contributed by atoms with E-state index in [0.717, 1.165) is 25.8 Å². The van der Waals surface area contributed by atoms with E-state index in [-0.39, 0.29) is 28.3 Å². The Kier molecular flexibility index (Phi) is 4.09. The van der Waals surface area contributed by atoms with Gasteiger partial charge in [0, 0.05) is 37.6 Å². The van der Waals surface area contributed by atoms with Crippen LogP contribution in [0.4, 0.5) is 11.4 Å². The van der Waals surface area contributed by atoms with Gasteiger partial charge in [-0.3, -0.25) is 14.9 Å². The van der Waals surface area contributed by atoms with Crippen molar-refractivity contribution in [3.63, 3.8) is 0 Å². The quantitative estimate of drug-likeness (QED) is 0.479. The number of hydrogen-bond acceptors (Lipinski definition) is 5. The number of benzene rings is 1. The Labute approximate surface area is 139 Å². The van der Waals surface area contributed by atoms with E-state index in [1.165, 1.54) is 12.3 Å². The molecular formula is C17H20N4O3. The molecule has 0 radical (unpaired) electrons. The van der Waals surface area contributed by atoms with Crippen LogP contribution in [0.25, 0.3) is 0 Å². The maximum atomic E-state index is 12.5. The third kappa shape index (κ3) is 3.02. The number of nitro groups is 1. The number of nitro benzene ring substituents is 1. The van der Waals surface area contributed by atoms with Gasteiger partial charge in [0.2, 0.25) is 5.78 Å². The van der Waals surface area contributed by atoms with Crippen molar-refractivity contribution < 1.29 is 9.72 Å². The molecule has 1 aromatic heterocycles. The van der Waals surface area contributed by atoms with Gasteiger partial charge in [-0.15, -0.1) is 0 Å². The number of nitrogens with zero attached hydrogens (tertiary/aromatic N) is 3. The topological polar surface area (TPSA) is 90.1 Å². The van der Waals surface area contributed by atoms with Gasteiger partial charge < -0.3 is 9.88 Å². The zero-order chi connectivity index (χ0) is 17.3. The normalized spacial score (nSPS) is 15.1. The number of aromatic nitrogens is 2. The highest BCUT2D eigenvalue weighted by Crippen LogP contribution is 2.48. The summed E-state index contributed by atoms with van der Waals surface area (Å²) in [4.78, 5) is 27.4. The molecule has 1 aliphatic rings. The van der Waals surface area contributed by atoms with Gasteiger partial charge in [0.1, 0.15) is 5.69 Å². The van der Waals surface area contributed by atoms with Gasteiger partial charge in [-0.2, -0.15) is 0 Å². The average Bonchev–Trinajstić information content (AvgIpc) is 3.25. The Morgan fingerprint density at radius 3 is 2.75 bits per heavy atom. The van der Waals surface area contributed by atoms with Gasteiger partial charge >= 0.3 is 0 Å². The number of hydrogen-bond donors (Lipinski definition) is 1. The van der Waals surface area contributed by atoms with Crippen LogP contribution in [-0.4, -0.2) is 26.8 Å². The predicted molar refractivity (Wildman–Crippen MR) is 90.2 cm³/mol. The summed E-state index contributed by atoms with van der Waals surface area (Å²) in [5.41, 5.74) is 0.909. The largest absolute Gasteiger partial charge is 0.379 e. The molecule has 0 spiro atoms. The summed E-state index contributed by atoms with van der Waals surface area (Å²) in [6, 6.07) is 4.54. The second kappa shape index (κ2) is 6.07. The lowest BCUT2D eigenvalue weighted by molar-refractivity contribution is -0.384. The van der Waals surface area contributed by atoms with E-state index >= 15 is 0 Å². The van der Waals surface area contributed by atoms with Crippen LogP contribution in [0.5, 0.6) is 0 Å². The molecule has 0 bridgehead atoms. The zero-order valence-corrected chi connectivity index (χ0v) is 13.8. The minimum absolute atomic E-state index is 0.0815. The second-order valence-electron chi connectivity index (χ2n) is 6.39. The van der Waals surface area contributed by atoms with Crippen molar-refractivity contribution in [3.8, 4) is 0 Å². The first kappa shape index (κ1) is 16.2. The number of carbonyl (C=O) groups is 1. The predicted octanol–water partition coefficient (Wildman–Crippen LogP) is 3.16. The van der Waals surface area contributed by atoms with Crippen LogP contribution in [0.2, 0.25) is 0 Å². The maximum Gasteiger partial charge on any atom is 0.293 e. The first-order valence-corrected chi connectivity index (χ1v) is 8.00. The smallest absolute Gasteiger partial charge is 0.293 e. The van der Waals surface area contributed by atoms with Crippen molar-refractivity contribution >= 4 is 17.2 Å². The second-order valence-corrected chi connectivity index (χ2v) is 6.39. The van der Waals surface area contributed by atoms with Crippen LogP contribution in [0.3, 0.4) is 0 Å². The number of imidazole rings is 1. The zero-order valence-electron chi connectivity index (χ0n) is 13.8. The molecule has 0 atom stereocenters. The van der Waals surface area contributed by atoms with Crippen molar-refractivity contribution in [1.82, 2.24) is 9.55 Å². The van der Waals surface area contributed by atoms with Crippen LogP contribution >= 0.6 is 0 Å². The highest BCUT2D eigenvalue weighted by Gasteiger charge is 2.40. The summed E-state index contributed by atoms with van der Waals surface area (Å²) in [6.07, 6.45) is 6.55. The van der Waals surface area contributed by atoms with E-state index in [1.54, 1.807) is 29.9 Å². The molecule has 0 amide bonds. The molecule has 3 rings (SSSR count). The van der Waals surface area contributed by atoms with Crippen molar-refractivity contribution in [2.75, 3.05) is 11.9 Å². The molecule has 1 saturated carbocycles. The summed E-state index contributed by atoms with van der Waals surface area (Å²) in [6.45, 7) is 2.86. The fourth-order valence-electron chi connectivity index (χ4n) is 2.80. The molecule has 1 aromatic carbocycles. The average molecular weight is 328 g/mol. The van der Waals surface area contributed by atoms with Gasteiger partial charge in [-0.25, -0.2) is 4.98 Å². The van der Waals surface area contributed by atoms with Gasteiger partial charge in [-0.05, 0) is 36.8 Å². The number of carbonyl (C=O) groups excluding carboxylic acids is 1. The lowest BCUT2D eigenvalue weighted by Gasteiger charge is -2.15. The summed E-state index contributed by atoms with van der Waals surface area (Å²) < 4.78 is 1.60. The molecule has 7 heteroatoms. The van der Waals surface area contributed by atoms with Crippen molar-refractivity contribution in [1.29, 1.82) is 0 Å². The third-order valence-corrected chi connectivity index (χ3v) is 4.84. The Balaban J connectivity index is 1.86. The molecule has 24 heavy (non-hydrogen) atoms. The summed E-state index contributed by atoms with van der Waals surface area (Å²) in [7, 11) is 1.71. The standard InChI is InChI=1S/C17H20N4O3/c1-3-17(6-7-17)11-19-13-5-4-12(10-14(13)21(23)24)15(22)16-18-8-9-20(16)2/h4-5,8-10,19H,3,6-7,11H2,1-2H3. The van der Waals surface area contributed by atoms with E-state index in [4.69, 9.17) is 0 Å². The Bertz CT molecular complexity index is 793. The number of aryl methyl sites for hydroxylation is 1. The van der Waals surface area contributed by atoms with Crippen LogP contribution in [0.15, 0.2) is 30.6 Å². The monoisotopic (exact) mass is 328 g/mol. The van der Waals surface area contributed by atoms with Crippen LogP contribution in [0.1, 0.15) is 42.4 Å². The van der Waals surface area contributed by atoms with Gasteiger partial charge in [0.25, 0.3) is 5.69 Å². The first-order chi connectivity index (χ1) is 11.5. The third-order valence-electron chi connectivity index (χ3n) is 4.84. The molecule has 1 aliphatic carbocycles. The summed E-state index contributed by atoms with van der Waals surface area (Å²) in [5.74, 6) is -0.0719. The van der Waals surface area contributed by atoms with Gasteiger partial charge in [0.05, 0.1) is 4.92 Å². The van der Waals surface area contributed by atoms with E-state index in [0.29, 0.717) is 5.69 Å². The maximum absolute atomic E-state index is 12.5. The van der Waals surface area contributed by atoms with Crippen LogP contribution < -0.4 is 5.32 Å². The summed E-state index contributed by atoms with van der Waals surface area (Å²) in [5, 5.41) is 14.6. The van der Waals surface area contributed by atoms with E-state index in [1.807, 2.05) is 0 Å². The fraction of sp³-hybridized carbons (Fsp3) is 0.412. The van der Waals surface area contributed by atoms with Crippen molar-refractivity contribution in [3.05, 3.63) is 52.1 Å². The van der Waals surface area contributed by atoms with Crippen LogP contribution in [0, 0.1) is 15.5 Å². The Morgan fingerprint density at radius 2 is 2.21 bits per heavy atom. The van der Waals surface area contributed by atoms with Crippen molar-refractivity contribution in [2.45, 2.75) is 26.2 Å². The van der Waals surface area contributed by atoms with Crippen molar-refractivity contribution in [2.24, 2.45) is 12.5 Å². The lowest BCUT2D eigenvalue weighted by atomic mass is 10.0. The molecule has 0 aliphatic heterocycles. The molecule has 126 valence electrons. The first-order valence-electron chi connectivity index (χ1n) is 8.00. The van der Waals surface area contributed by atoms with E-state index in [2.05, 4.69) is 17.2 Å².